The van der Waals surface area contributed by atoms with Crippen molar-refractivity contribution in [3.8, 4) is 0 Å². The first-order valence-electron chi connectivity index (χ1n) is 5.17. The third-order valence-electron chi connectivity index (χ3n) is 2.37. The number of carbonyl (C=O) groups excluding carboxylic acids is 1. The second kappa shape index (κ2) is 5.11. The third kappa shape index (κ3) is 4.46. The first kappa shape index (κ1) is 13.4. The number of sulfone groups is 1. The van der Waals surface area contributed by atoms with E-state index in [1.54, 1.807) is 6.92 Å². The Hall–Kier alpha value is -0.660. The summed E-state index contributed by atoms with van der Waals surface area (Å²) in [7, 11) is -3.09. The van der Waals surface area contributed by atoms with Crippen molar-refractivity contribution in [3.63, 3.8) is 0 Å². The highest BCUT2D eigenvalue weighted by atomic mass is 32.2. The molecule has 1 rings (SSSR count). The Morgan fingerprint density at radius 1 is 1.62 bits per heavy atom. The summed E-state index contributed by atoms with van der Waals surface area (Å²) in [5.74, 6) is -0.332. The van der Waals surface area contributed by atoms with Gasteiger partial charge in [-0.3, -0.25) is 4.79 Å². The lowest BCUT2D eigenvalue weighted by atomic mass is 10.2. The van der Waals surface area contributed by atoms with E-state index >= 15 is 0 Å². The summed E-state index contributed by atoms with van der Waals surface area (Å²) in [5, 5.41) is 14.7. The molecule has 0 aliphatic carbocycles. The lowest BCUT2D eigenvalue weighted by Gasteiger charge is -2.16. The Balaban J connectivity index is 2.39. The van der Waals surface area contributed by atoms with E-state index in [0.717, 1.165) is 6.26 Å². The maximum absolute atomic E-state index is 11.6. The van der Waals surface area contributed by atoms with Gasteiger partial charge < -0.3 is 15.7 Å². The molecule has 16 heavy (non-hydrogen) atoms. The summed E-state index contributed by atoms with van der Waals surface area (Å²) in [6.45, 7) is 2.04. The van der Waals surface area contributed by atoms with Crippen LogP contribution in [0.4, 0.5) is 0 Å². The van der Waals surface area contributed by atoms with E-state index < -0.39 is 28.0 Å². The van der Waals surface area contributed by atoms with Crippen LogP contribution in [-0.2, 0) is 14.6 Å². The molecule has 0 aromatic carbocycles. The summed E-state index contributed by atoms with van der Waals surface area (Å²) in [6, 6.07) is -0.834. The molecule has 1 fully saturated rings. The zero-order valence-electron chi connectivity index (χ0n) is 9.43. The summed E-state index contributed by atoms with van der Waals surface area (Å²) < 4.78 is 22.0. The number of β-amino-alcohol motifs (C(OH)–C–C–N with tert-alkyl or cyclic N) is 1. The topological polar surface area (TPSA) is 95.5 Å². The SMILES string of the molecule is CC(CS(C)(=O)=O)NC(=O)C1CC(O)CN1. The van der Waals surface area contributed by atoms with Gasteiger partial charge in [-0.05, 0) is 13.3 Å². The molecule has 0 spiro atoms. The van der Waals surface area contributed by atoms with E-state index in [4.69, 9.17) is 0 Å². The largest absolute Gasteiger partial charge is 0.392 e. The summed E-state index contributed by atoms with van der Waals surface area (Å²) in [5.41, 5.74) is 0. The molecule has 7 heteroatoms. The minimum absolute atomic E-state index is 0.0754. The van der Waals surface area contributed by atoms with Gasteiger partial charge in [0.15, 0.2) is 0 Å². The van der Waals surface area contributed by atoms with Gasteiger partial charge in [-0.15, -0.1) is 0 Å². The van der Waals surface area contributed by atoms with Crippen LogP contribution in [0.25, 0.3) is 0 Å². The minimum atomic E-state index is -3.09. The Kier molecular flexibility index (Phi) is 4.28. The van der Waals surface area contributed by atoms with Crippen molar-refractivity contribution >= 4 is 15.7 Å². The standard InChI is InChI=1S/C9H18N2O4S/c1-6(5-16(2,14)15)11-9(13)8-3-7(12)4-10-8/h6-8,10,12H,3-5H2,1-2H3,(H,11,13). The zero-order chi connectivity index (χ0) is 12.3. The number of hydrogen-bond acceptors (Lipinski definition) is 5. The molecule has 1 amide bonds. The van der Waals surface area contributed by atoms with Crippen LogP contribution < -0.4 is 10.6 Å². The zero-order valence-corrected chi connectivity index (χ0v) is 10.3. The van der Waals surface area contributed by atoms with E-state index in [9.17, 15) is 18.3 Å². The Morgan fingerprint density at radius 2 is 2.25 bits per heavy atom. The summed E-state index contributed by atoms with van der Waals surface area (Å²) in [4.78, 5) is 11.6. The number of carbonyl (C=O) groups is 1. The molecule has 0 radical (unpaired) electrons. The third-order valence-corrected chi connectivity index (χ3v) is 3.47. The number of aliphatic hydroxyl groups excluding tert-OH is 1. The smallest absolute Gasteiger partial charge is 0.237 e. The van der Waals surface area contributed by atoms with E-state index in [1.807, 2.05) is 0 Å². The molecule has 3 atom stereocenters. The maximum atomic E-state index is 11.6. The molecule has 0 bridgehead atoms. The number of hydrogen-bond donors (Lipinski definition) is 3. The van der Waals surface area contributed by atoms with E-state index in [2.05, 4.69) is 10.6 Å². The molecule has 3 unspecified atom stereocenters. The fourth-order valence-corrected chi connectivity index (χ4v) is 2.75. The Morgan fingerprint density at radius 3 is 2.69 bits per heavy atom. The molecular formula is C9H18N2O4S. The average Bonchev–Trinajstić information content (AvgIpc) is 2.47. The van der Waals surface area contributed by atoms with Crippen LogP contribution >= 0.6 is 0 Å². The molecule has 1 aliphatic rings. The van der Waals surface area contributed by atoms with Gasteiger partial charge in [-0.1, -0.05) is 0 Å². The van der Waals surface area contributed by atoms with Crippen LogP contribution in [0.2, 0.25) is 0 Å². The number of aliphatic hydroxyl groups is 1. The minimum Gasteiger partial charge on any atom is -0.392 e. The number of amides is 1. The predicted octanol–water partition coefficient (Wildman–Crippen LogP) is -1.74. The van der Waals surface area contributed by atoms with Gasteiger partial charge in [-0.25, -0.2) is 8.42 Å². The van der Waals surface area contributed by atoms with Crippen molar-refractivity contribution < 1.29 is 18.3 Å². The molecular weight excluding hydrogens is 232 g/mol. The van der Waals surface area contributed by atoms with Gasteiger partial charge in [0.05, 0.1) is 17.9 Å². The van der Waals surface area contributed by atoms with Crippen LogP contribution in [0.1, 0.15) is 13.3 Å². The Bertz CT molecular complexity index is 355. The van der Waals surface area contributed by atoms with Crippen molar-refractivity contribution in [2.45, 2.75) is 31.5 Å². The molecule has 0 aromatic rings. The van der Waals surface area contributed by atoms with E-state index in [1.165, 1.54) is 0 Å². The summed E-state index contributed by atoms with van der Waals surface area (Å²) in [6.07, 6.45) is 1.01. The van der Waals surface area contributed by atoms with Crippen LogP contribution in [0.3, 0.4) is 0 Å². The molecule has 6 nitrogen and oxygen atoms in total. The van der Waals surface area contributed by atoms with Crippen LogP contribution in [0.15, 0.2) is 0 Å². The summed E-state index contributed by atoms with van der Waals surface area (Å²) >= 11 is 0. The Labute approximate surface area is 95.3 Å². The van der Waals surface area contributed by atoms with E-state index in [0.29, 0.717) is 13.0 Å². The molecule has 0 aromatic heterocycles. The van der Waals surface area contributed by atoms with Crippen molar-refractivity contribution in [1.29, 1.82) is 0 Å². The second-order valence-electron chi connectivity index (χ2n) is 4.35. The van der Waals surface area contributed by atoms with Crippen molar-refractivity contribution in [1.82, 2.24) is 10.6 Å². The fourth-order valence-electron chi connectivity index (χ4n) is 1.76. The number of rotatable bonds is 4. The monoisotopic (exact) mass is 250 g/mol. The van der Waals surface area contributed by atoms with Gasteiger partial charge >= 0.3 is 0 Å². The highest BCUT2D eigenvalue weighted by Crippen LogP contribution is 2.06. The molecule has 1 saturated heterocycles. The van der Waals surface area contributed by atoms with Gasteiger partial charge in [0, 0.05) is 18.8 Å². The first-order valence-corrected chi connectivity index (χ1v) is 7.23. The molecule has 1 aliphatic heterocycles. The molecule has 0 saturated carbocycles. The molecule has 94 valence electrons. The van der Waals surface area contributed by atoms with Crippen molar-refractivity contribution in [2.24, 2.45) is 0 Å². The maximum Gasteiger partial charge on any atom is 0.237 e. The van der Waals surface area contributed by atoms with E-state index in [-0.39, 0.29) is 11.7 Å². The van der Waals surface area contributed by atoms with Crippen molar-refractivity contribution in [2.75, 3.05) is 18.6 Å². The van der Waals surface area contributed by atoms with Crippen LogP contribution in [-0.4, -0.2) is 56.2 Å². The molecule has 3 N–H and O–H groups in total. The predicted molar refractivity (Wildman–Crippen MR) is 59.7 cm³/mol. The quantitative estimate of drug-likeness (QED) is 0.550. The highest BCUT2D eigenvalue weighted by molar-refractivity contribution is 7.90. The van der Waals surface area contributed by atoms with Gasteiger partial charge in [0.25, 0.3) is 0 Å². The lowest BCUT2D eigenvalue weighted by Crippen LogP contribution is -2.46. The van der Waals surface area contributed by atoms with Gasteiger partial charge in [0.1, 0.15) is 9.84 Å². The highest BCUT2D eigenvalue weighted by Gasteiger charge is 2.28. The second-order valence-corrected chi connectivity index (χ2v) is 6.54. The fraction of sp³-hybridized carbons (Fsp3) is 0.889. The first-order chi connectivity index (χ1) is 7.28. The normalized spacial score (nSPS) is 27.7. The van der Waals surface area contributed by atoms with Gasteiger partial charge in [0.2, 0.25) is 5.91 Å². The average molecular weight is 250 g/mol. The lowest BCUT2D eigenvalue weighted by molar-refractivity contribution is -0.123. The van der Waals surface area contributed by atoms with Crippen LogP contribution in [0, 0.1) is 0 Å². The van der Waals surface area contributed by atoms with Gasteiger partial charge in [-0.2, -0.15) is 0 Å². The number of nitrogens with one attached hydrogen (secondary N) is 2. The van der Waals surface area contributed by atoms with Crippen molar-refractivity contribution in [3.05, 3.63) is 0 Å². The van der Waals surface area contributed by atoms with Crippen LogP contribution in [0.5, 0.6) is 0 Å². The molecule has 1 heterocycles.